The standard InChI is InChI=1S/C20H19ClFN3O3/c1-26-17-5-3-14-18(19(17)28-13-6-8-27-9-7-13)23-11-24-20(14)25-12-2-4-16(22)15(21)10-12/h2-5,10-11,13H,6-9H2,1H3,(H,23,24,25). The second kappa shape index (κ2) is 8.16. The zero-order valence-electron chi connectivity index (χ0n) is 15.2. The lowest BCUT2D eigenvalue weighted by molar-refractivity contribution is 0.0251. The Balaban J connectivity index is 1.72. The molecule has 1 aliphatic rings. The maximum atomic E-state index is 13.4. The molecule has 0 unspecified atom stereocenters. The molecule has 0 bridgehead atoms. The van der Waals surface area contributed by atoms with Crippen molar-refractivity contribution in [2.45, 2.75) is 18.9 Å². The van der Waals surface area contributed by atoms with Gasteiger partial charge in [-0.25, -0.2) is 14.4 Å². The number of halogens is 2. The summed E-state index contributed by atoms with van der Waals surface area (Å²) in [4.78, 5) is 8.74. The number of hydrogen-bond donors (Lipinski definition) is 1. The first-order chi connectivity index (χ1) is 13.7. The van der Waals surface area contributed by atoms with Crippen molar-refractivity contribution in [1.82, 2.24) is 9.97 Å². The SMILES string of the molecule is COc1ccc2c(Nc3ccc(F)c(Cl)c3)ncnc2c1OC1CCOCC1. The van der Waals surface area contributed by atoms with Crippen LogP contribution in [0.3, 0.4) is 0 Å². The molecule has 0 saturated carbocycles. The van der Waals surface area contributed by atoms with Gasteiger partial charge in [-0.2, -0.15) is 0 Å². The third-order valence-electron chi connectivity index (χ3n) is 4.58. The van der Waals surface area contributed by atoms with Gasteiger partial charge in [0.15, 0.2) is 11.5 Å². The fourth-order valence-corrected chi connectivity index (χ4v) is 3.31. The largest absolute Gasteiger partial charge is 0.493 e. The van der Waals surface area contributed by atoms with Gasteiger partial charge in [-0.05, 0) is 30.3 Å². The van der Waals surface area contributed by atoms with Crippen molar-refractivity contribution in [3.8, 4) is 11.5 Å². The van der Waals surface area contributed by atoms with E-state index in [-0.39, 0.29) is 11.1 Å². The Morgan fingerprint density at radius 1 is 1.18 bits per heavy atom. The summed E-state index contributed by atoms with van der Waals surface area (Å²) in [6.07, 6.45) is 3.11. The molecule has 8 heteroatoms. The average molecular weight is 404 g/mol. The van der Waals surface area contributed by atoms with E-state index < -0.39 is 5.82 Å². The number of fused-ring (bicyclic) bond motifs is 1. The number of methoxy groups -OCH3 is 1. The molecule has 28 heavy (non-hydrogen) atoms. The molecule has 2 aromatic carbocycles. The molecule has 0 aliphatic carbocycles. The van der Waals surface area contributed by atoms with Gasteiger partial charge >= 0.3 is 0 Å². The molecule has 0 amide bonds. The number of nitrogens with one attached hydrogen (secondary N) is 1. The maximum absolute atomic E-state index is 13.4. The molecular formula is C20H19ClFN3O3. The Hall–Kier alpha value is -2.64. The van der Waals surface area contributed by atoms with E-state index in [2.05, 4.69) is 15.3 Å². The smallest absolute Gasteiger partial charge is 0.188 e. The Labute approximate surface area is 166 Å². The van der Waals surface area contributed by atoms with Gasteiger partial charge in [0, 0.05) is 23.9 Å². The van der Waals surface area contributed by atoms with E-state index >= 15 is 0 Å². The average Bonchev–Trinajstić information content (AvgIpc) is 2.72. The number of rotatable bonds is 5. The lowest BCUT2D eigenvalue weighted by Crippen LogP contribution is -2.26. The second-order valence-corrected chi connectivity index (χ2v) is 6.81. The molecule has 1 aromatic heterocycles. The molecule has 4 rings (SSSR count). The monoisotopic (exact) mass is 403 g/mol. The van der Waals surface area contributed by atoms with Crippen LogP contribution in [0, 0.1) is 5.82 Å². The normalized spacial score (nSPS) is 14.8. The lowest BCUT2D eigenvalue weighted by Gasteiger charge is -2.24. The third-order valence-corrected chi connectivity index (χ3v) is 4.87. The third kappa shape index (κ3) is 3.81. The predicted molar refractivity (Wildman–Crippen MR) is 105 cm³/mol. The molecule has 0 atom stereocenters. The molecule has 1 N–H and O–H groups in total. The number of ether oxygens (including phenoxy) is 3. The molecule has 0 radical (unpaired) electrons. The predicted octanol–water partition coefficient (Wildman–Crippen LogP) is 4.73. The van der Waals surface area contributed by atoms with E-state index in [1.165, 1.54) is 18.5 Å². The second-order valence-electron chi connectivity index (χ2n) is 6.40. The van der Waals surface area contributed by atoms with Crippen molar-refractivity contribution in [3.63, 3.8) is 0 Å². The van der Waals surface area contributed by atoms with Crippen molar-refractivity contribution < 1.29 is 18.6 Å². The first kappa shape index (κ1) is 18.7. The van der Waals surface area contributed by atoms with E-state index in [1.54, 1.807) is 13.2 Å². The van der Waals surface area contributed by atoms with Crippen LogP contribution in [0.15, 0.2) is 36.7 Å². The van der Waals surface area contributed by atoms with Crippen LogP contribution in [0.5, 0.6) is 11.5 Å². The van der Waals surface area contributed by atoms with Gasteiger partial charge in [0.05, 0.1) is 25.3 Å². The zero-order chi connectivity index (χ0) is 19.5. The summed E-state index contributed by atoms with van der Waals surface area (Å²) in [6, 6.07) is 8.09. The van der Waals surface area contributed by atoms with Crippen LogP contribution in [0.25, 0.3) is 10.9 Å². The first-order valence-electron chi connectivity index (χ1n) is 8.94. The van der Waals surface area contributed by atoms with Crippen LogP contribution in [0.4, 0.5) is 15.9 Å². The Morgan fingerprint density at radius 3 is 2.75 bits per heavy atom. The minimum absolute atomic E-state index is 0.0357. The van der Waals surface area contributed by atoms with Crippen molar-refractivity contribution >= 4 is 34.0 Å². The van der Waals surface area contributed by atoms with Crippen LogP contribution < -0.4 is 14.8 Å². The van der Waals surface area contributed by atoms with Crippen LogP contribution in [0.2, 0.25) is 5.02 Å². The molecule has 3 aromatic rings. The molecule has 146 valence electrons. The minimum Gasteiger partial charge on any atom is -0.493 e. The number of nitrogens with zero attached hydrogens (tertiary/aromatic N) is 2. The number of hydrogen-bond acceptors (Lipinski definition) is 6. The summed E-state index contributed by atoms with van der Waals surface area (Å²) in [5.41, 5.74) is 1.26. The fraction of sp³-hybridized carbons (Fsp3) is 0.300. The summed E-state index contributed by atoms with van der Waals surface area (Å²) in [7, 11) is 1.60. The van der Waals surface area contributed by atoms with Crippen molar-refractivity contribution in [3.05, 3.63) is 47.5 Å². The van der Waals surface area contributed by atoms with Crippen LogP contribution in [-0.2, 0) is 4.74 Å². The Kier molecular flexibility index (Phi) is 5.45. The molecule has 6 nitrogen and oxygen atoms in total. The summed E-state index contributed by atoms with van der Waals surface area (Å²) < 4.78 is 30.5. The van der Waals surface area contributed by atoms with Gasteiger partial charge in [0.1, 0.15) is 29.6 Å². The Morgan fingerprint density at radius 2 is 2.00 bits per heavy atom. The van der Waals surface area contributed by atoms with Gasteiger partial charge in [-0.1, -0.05) is 11.6 Å². The topological polar surface area (TPSA) is 65.5 Å². The van der Waals surface area contributed by atoms with Gasteiger partial charge in [-0.3, -0.25) is 0 Å². The molecule has 1 fully saturated rings. The van der Waals surface area contributed by atoms with Crippen LogP contribution in [0.1, 0.15) is 12.8 Å². The molecule has 2 heterocycles. The zero-order valence-corrected chi connectivity index (χ0v) is 16.0. The molecule has 1 aliphatic heterocycles. The van der Waals surface area contributed by atoms with Crippen LogP contribution >= 0.6 is 11.6 Å². The summed E-state index contributed by atoms with van der Waals surface area (Å²) in [5.74, 6) is 1.27. The first-order valence-corrected chi connectivity index (χ1v) is 9.31. The van der Waals surface area contributed by atoms with Gasteiger partial charge in [0.2, 0.25) is 0 Å². The number of aromatic nitrogens is 2. The van der Waals surface area contributed by atoms with Crippen molar-refractivity contribution in [1.29, 1.82) is 0 Å². The Bertz CT molecular complexity index is 996. The number of anilines is 2. The van der Waals surface area contributed by atoms with Crippen molar-refractivity contribution in [2.24, 2.45) is 0 Å². The van der Waals surface area contributed by atoms with E-state index in [1.807, 2.05) is 12.1 Å². The highest BCUT2D eigenvalue weighted by molar-refractivity contribution is 6.31. The lowest BCUT2D eigenvalue weighted by atomic mass is 10.1. The summed E-state index contributed by atoms with van der Waals surface area (Å²) >= 11 is 5.88. The van der Waals surface area contributed by atoms with E-state index in [4.69, 9.17) is 25.8 Å². The van der Waals surface area contributed by atoms with E-state index in [0.717, 1.165) is 18.2 Å². The maximum Gasteiger partial charge on any atom is 0.188 e. The highest BCUT2D eigenvalue weighted by atomic mass is 35.5. The number of benzene rings is 2. The molecular weight excluding hydrogens is 385 g/mol. The van der Waals surface area contributed by atoms with Crippen molar-refractivity contribution in [2.75, 3.05) is 25.6 Å². The van der Waals surface area contributed by atoms with Gasteiger partial charge in [0.25, 0.3) is 0 Å². The van der Waals surface area contributed by atoms with Crippen LogP contribution in [-0.4, -0.2) is 36.4 Å². The van der Waals surface area contributed by atoms with Gasteiger partial charge in [-0.15, -0.1) is 0 Å². The molecule has 0 spiro atoms. The molecule has 1 saturated heterocycles. The van der Waals surface area contributed by atoms with E-state index in [9.17, 15) is 4.39 Å². The quantitative estimate of drug-likeness (QED) is 0.664. The van der Waals surface area contributed by atoms with E-state index in [0.29, 0.717) is 41.7 Å². The minimum atomic E-state index is -0.475. The highest BCUT2D eigenvalue weighted by Crippen LogP contribution is 2.38. The summed E-state index contributed by atoms with van der Waals surface area (Å²) in [6.45, 7) is 1.34. The van der Waals surface area contributed by atoms with Gasteiger partial charge < -0.3 is 19.5 Å². The highest BCUT2D eigenvalue weighted by Gasteiger charge is 2.21. The summed E-state index contributed by atoms with van der Waals surface area (Å²) in [5, 5.41) is 3.96. The fourth-order valence-electron chi connectivity index (χ4n) is 3.13.